The molecule has 0 aliphatic rings. The first-order chi connectivity index (χ1) is 11.3. The Balaban J connectivity index is 1.88. The molecule has 3 nitrogen and oxygen atoms in total. The van der Waals surface area contributed by atoms with Gasteiger partial charge in [0.2, 0.25) is 0 Å². The molecule has 2 aromatic rings. The van der Waals surface area contributed by atoms with Crippen molar-refractivity contribution in [2.75, 3.05) is 0 Å². The van der Waals surface area contributed by atoms with Gasteiger partial charge < -0.3 is 10.1 Å². The average Bonchev–Trinajstić information content (AvgIpc) is 2.53. The predicted octanol–water partition coefficient (Wildman–Crippen LogP) is 4.21. The van der Waals surface area contributed by atoms with Crippen LogP contribution in [-0.2, 0) is 16.8 Å². The molecule has 0 aromatic heterocycles. The van der Waals surface area contributed by atoms with Gasteiger partial charge in [-0.15, -0.1) is 0 Å². The SMILES string of the molecule is C[C@H](Oc1ccc(C(C)(C)C)cc1)C(=O)NCc1ccc(F)cc1. The first-order valence-corrected chi connectivity index (χ1v) is 8.05. The molecule has 2 aromatic carbocycles. The number of nitrogens with one attached hydrogen (secondary N) is 1. The van der Waals surface area contributed by atoms with Crippen molar-refractivity contribution >= 4 is 5.91 Å². The van der Waals surface area contributed by atoms with Crippen LogP contribution in [0.15, 0.2) is 48.5 Å². The van der Waals surface area contributed by atoms with Gasteiger partial charge in [0, 0.05) is 6.54 Å². The molecule has 0 saturated carbocycles. The molecular formula is C20H24FNO2. The van der Waals surface area contributed by atoms with E-state index in [-0.39, 0.29) is 17.1 Å². The highest BCUT2D eigenvalue weighted by Crippen LogP contribution is 2.24. The number of rotatable bonds is 5. The minimum atomic E-state index is -0.606. The Labute approximate surface area is 142 Å². The zero-order chi connectivity index (χ0) is 17.7. The van der Waals surface area contributed by atoms with Crippen molar-refractivity contribution in [3.8, 4) is 5.75 Å². The normalized spacial score (nSPS) is 12.5. The summed E-state index contributed by atoms with van der Waals surface area (Å²) in [5.41, 5.74) is 2.13. The Morgan fingerprint density at radius 3 is 2.21 bits per heavy atom. The third-order valence-corrected chi connectivity index (χ3v) is 3.78. The van der Waals surface area contributed by atoms with Crippen molar-refractivity contribution < 1.29 is 13.9 Å². The number of carbonyl (C=O) groups excluding carboxylic acids is 1. The van der Waals surface area contributed by atoms with Gasteiger partial charge in [0.15, 0.2) is 6.10 Å². The number of benzene rings is 2. The Bertz CT molecular complexity index is 672. The van der Waals surface area contributed by atoms with Crippen molar-refractivity contribution in [2.24, 2.45) is 0 Å². The van der Waals surface area contributed by atoms with Gasteiger partial charge in [-0.1, -0.05) is 45.0 Å². The van der Waals surface area contributed by atoms with Crippen LogP contribution in [0.1, 0.15) is 38.8 Å². The van der Waals surface area contributed by atoms with Gasteiger partial charge in [-0.3, -0.25) is 4.79 Å². The molecule has 0 spiro atoms. The molecule has 1 atom stereocenters. The third-order valence-electron chi connectivity index (χ3n) is 3.78. The van der Waals surface area contributed by atoms with Gasteiger partial charge in [-0.05, 0) is 47.7 Å². The van der Waals surface area contributed by atoms with E-state index in [4.69, 9.17) is 4.74 Å². The highest BCUT2D eigenvalue weighted by molar-refractivity contribution is 5.80. The Kier molecular flexibility index (Phi) is 5.60. The summed E-state index contributed by atoms with van der Waals surface area (Å²) in [5.74, 6) is 0.159. The summed E-state index contributed by atoms with van der Waals surface area (Å²) in [6, 6.07) is 13.8. The maximum Gasteiger partial charge on any atom is 0.261 e. The summed E-state index contributed by atoms with van der Waals surface area (Å²) in [7, 11) is 0. The number of amides is 1. The third kappa shape index (κ3) is 5.08. The maximum atomic E-state index is 12.9. The van der Waals surface area contributed by atoms with Crippen LogP contribution >= 0.6 is 0 Å². The summed E-state index contributed by atoms with van der Waals surface area (Å²) in [5, 5.41) is 2.79. The number of hydrogen-bond donors (Lipinski definition) is 1. The molecule has 0 fully saturated rings. The second-order valence-electron chi connectivity index (χ2n) is 6.88. The highest BCUT2D eigenvalue weighted by Gasteiger charge is 2.16. The lowest BCUT2D eigenvalue weighted by molar-refractivity contribution is -0.127. The van der Waals surface area contributed by atoms with Crippen molar-refractivity contribution in [3.05, 3.63) is 65.5 Å². The Morgan fingerprint density at radius 2 is 1.67 bits per heavy atom. The Morgan fingerprint density at radius 1 is 1.08 bits per heavy atom. The smallest absolute Gasteiger partial charge is 0.261 e. The quantitative estimate of drug-likeness (QED) is 0.892. The minimum Gasteiger partial charge on any atom is -0.481 e. The van der Waals surface area contributed by atoms with Crippen LogP contribution in [0.2, 0.25) is 0 Å². The van der Waals surface area contributed by atoms with Gasteiger partial charge in [-0.25, -0.2) is 4.39 Å². The van der Waals surface area contributed by atoms with Crippen LogP contribution in [0.3, 0.4) is 0 Å². The van der Waals surface area contributed by atoms with Crippen LogP contribution in [0.5, 0.6) is 5.75 Å². The van der Waals surface area contributed by atoms with Gasteiger partial charge >= 0.3 is 0 Å². The number of carbonyl (C=O) groups is 1. The first-order valence-electron chi connectivity index (χ1n) is 8.05. The minimum absolute atomic E-state index is 0.0800. The molecule has 0 radical (unpaired) electrons. The van der Waals surface area contributed by atoms with E-state index in [9.17, 15) is 9.18 Å². The van der Waals surface area contributed by atoms with E-state index in [1.165, 1.54) is 17.7 Å². The fourth-order valence-corrected chi connectivity index (χ4v) is 2.23. The van der Waals surface area contributed by atoms with E-state index in [1.807, 2.05) is 24.3 Å². The van der Waals surface area contributed by atoms with E-state index in [2.05, 4.69) is 26.1 Å². The van der Waals surface area contributed by atoms with E-state index < -0.39 is 6.10 Å². The van der Waals surface area contributed by atoms with Gasteiger partial charge in [-0.2, -0.15) is 0 Å². The summed E-state index contributed by atoms with van der Waals surface area (Å²) < 4.78 is 18.5. The molecule has 24 heavy (non-hydrogen) atoms. The fourth-order valence-electron chi connectivity index (χ4n) is 2.23. The van der Waals surface area contributed by atoms with Gasteiger partial charge in [0.25, 0.3) is 5.91 Å². The topological polar surface area (TPSA) is 38.3 Å². The standard InChI is InChI=1S/C20H24FNO2/c1-14(19(23)22-13-15-5-9-17(21)10-6-15)24-18-11-7-16(8-12-18)20(2,3)4/h5-12,14H,13H2,1-4H3,(H,22,23)/t14-/m0/s1. The number of hydrogen-bond acceptors (Lipinski definition) is 2. The second kappa shape index (κ2) is 7.47. The van der Waals surface area contributed by atoms with Gasteiger partial charge in [0.1, 0.15) is 11.6 Å². The Hall–Kier alpha value is -2.36. The lowest BCUT2D eigenvalue weighted by Crippen LogP contribution is -2.35. The molecule has 1 N–H and O–H groups in total. The summed E-state index contributed by atoms with van der Waals surface area (Å²) in [6.07, 6.45) is -0.606. The molecule has 2 rings (SSSR count). The zero-order valence-electron chi connectivity index (χ0n) is 14.6. The zero-order valence-corrected chi connectivity index (χ0v) is 14.6. The number of ether oxygens (including phenoxy) is 1. The summed E-state index contributed by atoms with van der Waals surface area (Å²) in [4.78, 5) is 12.1. The molecule has 128 valence electrons. The molecule has 4 heteroatoms. The molecule has 0 bridgehead atoms. The van der Waals surface area contributed by atoms with Crippen LogP contribution in [-0.4, -0.2) is 12.0 Å². The molecule has 0 aliphatic heterocycles. The molecule has 0 heterocycles. The van der Waals surface area contributed by atoms with E-state index in [0.29, 0.717) is 12.3 Å². The largest absolute Gasteiger partial charge is 0.481 e. The molecule has 0 saturated heterocycles. The van der Waals surface area contributed by atoms with Crippen molar-refractivity contribution in [1.29, 1.82) is 0 Å². The van der Waals surface area contributed by atoms with Crippen molar-refractivity contribution in [1.82, 2.24) is 5.32 Å². The number of halogens is 1. The summed E-state index contributed by atoms with van der Waals surface area (Å²) in [6.45, 7) is 8.49. The fraction of sp³-hybridized carbons (Fsp3) is 0.350. The lowest BCUT2D eigenvalue weighted by Gasteiger charge is -2.20. The van der Waals surface area contributed by atoms with Crippen molar-refractivity contribution in [2.45, 2.75) is 45.8 Å². The molecule has 1 amide bonds. The second-order valence-corrected chi connectivity index (χ2v) is 6.88. The van der Waals surface area contributed by atoms with Crippen LogP contribution in [0.4, 0.5) is 4.39 Å². The lowest BCUT2D eigenvalue weighted by atomic mass is 9.87. The maximum absolute atomic E-state index is 12.9. The molecular weight excluding hydrogens is 305 g/mol. The monoisotopic (exact) mass is 329 g/mol. The van der Waals surface area contributed by atoms with E-state index in [1.54, 1.807) is 19.1 Å². The van der Waals surface area contributed by atoms with Crippen LogP contribution in [0.25, 0.3) is 0 Å². The van der Waals surface area contributed by atoms with Crippen LogP contribution in [0, 0.1) is 5.82 Å². The average molecular weight is 329 g/mol. The van der Waals surface area contributed by atoms with Crippen molar-refractivity contribution in [3.63, 3.8) is 0 Å². The van der Waals surface area contributed by atoms with Crippen LogP contribution < -0.4 is 10.1 Å². The highest BCUT2D eigenvalue weighted by atomic mass is 19.1. The molecule has 0 aliphatic carbocycles. The molecule has 0 unspecified atom stereocenters. The first kappa shape index (κ1) is 18.0. The summed E-state index contributed by atoms with van der Waals surface area (Å²) >= 11 is 0. The van der Waals surface area contributed by atoms with Gasteiger partial charge in [0.05, 0.1) is 0 Å². The van der Waals surface area contributed by atoms with E-state index in [0.717, 1.165) is 5.56 Å². The van der Waals surface area contributed by atoms with E-state index >= 15 is 0 Å². The predicted molar refractivity (Wildman–Crippen MR) is 93.5 cm³/mol.